The fourth-order valence-corrected chi connectivity index (χ4v) is 2.05. The quantitative estimate of drug-likeness (QED) is 0.946. The maximum absolute atomic E-state index is 12.5. The lowest BCUT2D eigenvalue weighted by atomic mass is 10.1. The van der Waals surface area contributed by atoms with Crippen molar-refractivity contribution in [3.05, 3.63) is 69.1 Å². The number of halogens is 3. The molecule has 2 aromatic rings. The normalized spacial score (nSPS) is 11.7. The number of hydrogen-bond donors (Lipinski definition) is 1. The molecule has 0 aliphatic rings. The first-order chi connectivity index (χ1) is 9.82. The van der Waals surface area contributed by atoms with Crippen LogP contribution in [0, 0.1) is 6.92 Å². The summed E-state index contributed by atoms with van der Waals surface area (Å²) in [6.07, 6.45) is -4.36. The monoisotopic (exact) mass is 296 g/mol. The molecule has 2 N–H and O–H groups in total. The molecule has 0 saturated heterocycles. The van der Waals surface area contributed by atoms with Gasteiger partial charge in [0.25, 0.3) is 5.56 Å². The first kappa shape index (κ1) is 15.3. The van der Waals surface area contributed by atoms with Crippen LogP contribution in [0.15, 0.2) is 41.2 Å². The SMILES string of the molecule is Cc1ccc(CN)c(=O)n1Cc1ccc(C(F)(F)F)cc1. The molecule has 112 valence electrons. The molecule has 3 nitrogen and oxygen atoms in total. The fourth-order valence-electron chi connectivity index (χ4n) is 2.05. The molecule has 0 atom stereocenters. The van der Waals surface area contributed by atoms with E-state index in [-0.39, 0.29) is 18.6 Å². The minimum absolute atomic E-state index is 0.131. The van der Waals surface area contributed by atoms with E-state index in [1.807, 2.05) is 0 Å². The van der Waals surface area contributed by atoms with Gasteiger partial charge in [0.15, 0.2) is 0 Å². The highest BCUT2D eigenvalue weighted by Crippen LogP contribution is 2.29. The number of aromatic nitrogens is 1. The molecular formula is C15H15F3N2O. The fraction of sp³-hybridized carbons (Fsp3) is 0.267. The van der Waals surface area contributed by atoms with E-state index in [4.69, 9.17) is 5.73 Å². The number of nitrogens with two attached hydrogens (primary N) is 1. The van der Waals surface area contributed by atoms with Crippen molar-refractivity contribution in [1.29, 1.82) is 0 Å². The molecule has 0 aliphatic carbocycles. The van der Waals surface area contributed by atoms with Crippen LogP contribution >= 0.6 is 0 Å². The summed E-state index contributed by atoms with van der Waals surface area (Å²) in [5, 5.41) is 0. The molecular weight excluding hydrogens is 281 g/mol. The van der Waals surface area contributed by atoms with Gasteiger partial charge in [0.05, 0.1) is 12.1 Å². The number of benzene rings is 1. The topological polar surface area (TPSA) is 48.0 Å². The summed E-state index contributed by atoms with van der Waals surface area (Å²) >= 11 is 0. The zero-order valence-corrected chi connectivity index (χ0v) is 11.4. The van der Waals surface area contributed by atoms with Crippen LogP contribution in [0.4, 0.5) is 13.2 Å². The summed E-state index contributed by atoms with van der Waals surface area (Å²) in [6.45, 7) is 2.12. The number of hydrogen-bond acceptors (Lipinski definition) is 2. The third-order valence-electron chi connectivity index (χ3n) is 3.31. The third kappa shape index (κ3) is 3.33. The van der Waals surface area contributed by atoms with Crippen molar-refractivity contribution in [1.82, 2.24) is 4.57 Å². The van der Waals surface area contributed by atoms with Gasteiger partial charge in [-0.1, -0.05) is 18.2 Å². The van der Waals surface area contributed by atoms with Crippen molar-refractivity contribution in [2.75, 3.05) is 0 Å². The molecule has 0 radical (unpaired) electrons. The van der Waals surface area contributed by atoms with Gasteiger partial charge >= 0.3 is 6.18 Å². The second-order valence-electron chi connectivity index (χ2n) is 4.79. The number of aryl methyl sites for hydroxylation is 1. The maximum Gasteiger partial charge on any atom is 0.416 e. The van der Waals surface area contributed by atoms with Gasteiger partial charge in [0, 0.05) is 17.8 Å². The number of alkyl halides is 3. The predicted molar refractivity (Wildman–Crippen MR) is 73.9 cm³/mol. The molecule has 2 rings (SSSR count). The van der Waals surface area contributed by atoms with Crippen molar-refractivity contribution < 1.29 is 13.2 Å². The lowest BCUT2D eigenvalue weighted by Crippen LogP contribution is -2.27. The highest BCUT2D eigenvalue weighted by molar-refractivity contribution is 5.26. The molecule has 0 spiro atoms. The van der Waals surface area contributed by atoms with Crippen LogP contribution in [0.2, 0.25) is 0 Å². The van der Waals surface area contributed by atoms with Gasteiger partial charge in [-0.25, -0.2) is 0 Å². The van der Waals surface area contributed by atoms with Crippen LogP contribution in [0.3, 0.4) is 0 Å². The van der Waals surface area contributed by atoms with Crippen molar-refractivity contribution in [3.8, 4) is 0 Å². The van der Waals surface area contributed by atoms with Crippen molar-refractivity contribution in [2.24, 2.45) is 5.73 Å². The van der Waals surface area contributed by atoms with Gasteiger partial charge in [0.2, 0.25) is 0 Å². The zero-order chi connectivity index (χ0) is 15.6. The standard InChI is InChI=1S/C15H15F3N2O/c1-10-2-5-12(8-19)14(21)20(10)9-11-3-6-13(7-4-11)15(16,17)18/h2-7H,8-9,19H2,1H3. The lowest BCUT2D eigenvalue weighted by Gasteiger charge is -2.12. The van der Waals surface area contributed by atoms with E-state index in [1.165, 1.54) is 16.7 Å². The second-order valence-corrected chi connectivity index (χ2v) is 4.79. The van der Waals surface area contributed by atoms with Crippen LogP contribution in [-0.4, -0.2) is 4.57 Å². The van der Waals surface area contributed by atoms with Gasteiger partial charge < -0.3 is 10.3 Å². The molecule has 1 aromatic carbocycles. The highest BCUT2D eigenvalue weighted by Gasteiger charge is 2.29. The summed E-state index contributed by atoms with van der Waals surface area (Å²) in [7, 11) is 0. The minimum Gasteiger partial charge on any atom is -0.326 e. The molecule has 0 bridgehead atoms. The molecule has 0 saturated carbocycles. The van der Waals surface area contributed by atoms with Crippen molar-refractivity contribution in [3.63, 3.8) is 0 Å². The smallest absolute Gasteiger partial charge is 0.326 e. The molecule has 0 aliphatic heterocycles. The molecule has 0 fully saturated rings. The number of rotatable bonds is 3. The first-order valence-electron chi connectivity index (χ1n) is 6.38. The Kier molecular flexibility index (Phi) is 4.18. The van der Waals surface area contributed by atoms with Crippen LogP contribution in [0.5, 0.6) is 0 Å². The Morgan fingerprint density at radius 3 is 2.24 bits per heavy atom. The Balaban J connectivity index is 2.33. The Bertz CT molecular complexity index is 688. The van der Waals surface area contributed by atoms with E-state index in [9.17, 15) is 18.0 Å². The third-order valence-corrected chi connectivity index (χ3v) is 3.31. The number of pyridine rings is 1. The summed E-state index contributed by atoms with van der Waals surface area (Å²) in [5.41, 5.74) is 6.42. The molecule has 1 heterocycles. The van der Waals surface area contributed by atoms with Gasteiger partial charge in [-0.3, -0.25) is 4.79 Å². The summed E-state index contributed by atoms with van der Waals surface area (Å²) in [5.74, 6) is 0. The molecule has 1 aromatic heterocycles. The van der Waals surface area contributed by atoms with E-state index in [1.54, 1.807) is 19.1 Å². The molecule has 0 amide bonds. The predicted octanol–water partition coefficient (Wildman–Crippen LogP) is 2.68. The Hall–Kier alpha value is -2.08. The Labute approximate surface area is 119 Å². The van der Waals surface area contributed by atoms with Gasteiger partial charge in [-0.2, -0.15) is 13.2 Å². The summed E-state index contributed by atoms with van der Waals surface area (Å²) < 4.78 is 39.0. The highest BCUT2D eigenvalue weighted by atomic mass is 19.4. The zero-order valence-electron chi connectivity index (χ0n) is 11.4. The van der Waals surface area contributed by atoms with Crippen molar-refractivity contribution in [2.45, 2.75) is 26.2 Å². The van der Waals surface area contributed by atoms with Crippen LogP contribution in [-0.2, 0) is 19.3 Å². The van der Waals surface area contributed by atoms with Gasteiger partial charge in [-0.15, -0.1) is 0 Å². The maximum atomic E-state index is 12.5. The summed E-state index contributed by atoms with van der Waals surface area (Å²) in [6, 6.07) is 8.23. The first-order valence-corrected chi connectivity index (χ1v) is 6.38. The van der Waals surface area contributed by atoms with Crippen LogP contribution < -0.4 is 11.3 Å². The Morgan fingerprint density at radius 1 is 1.10 bits per heavy atom. The second kappa shape index (κ2) is 5.73. The Morgan fingerprint density at radius 2 is 1.71 bits per heavy atom. The van der Waals surface area contributed by atoms with E-state index < -0.39 is 11.7 Å². The molecule has 21 heavy (non-hydrogen) atoms. The average molecular weight is 296 g/mol. The van der Waals surface area contributed by atoms with Gasteiger partial charge in [-0.05, 0) is 30.7 Å². The van der Waals surface area contributed by atoms with Gasteiger partial charge in [0.1, 0.15) is 0 Å². The lowest BCUT2D eigenvalue weighted by molar-refractivity contribution is -0.137. The van der Waals surface area contributed by atoms with E-state index in [2.05, 4.69) is 0 Å². The van der Waals surface area contributed by atoms with E-state index in [0.29, 0.717) is 11.1 Å². The van der Waals surface area contributed by atoms with Crippen LogP contribution in [0.25, 0.3) is 0 Å². The van der Waals surface area contributed by atoms with E-state index in [0.717, 1.165) is 17.8 Å². The number of nitrogens with zero attached hydrogens (tertiary/aromatic N) is 1. The molecule has 0 unspecified atom stereocenters. The largest absolute Gasteiger partial charge is 0.416 e. The average Bonchev–Trinajstić information content (AvgIpc) is 2.43. The van der Waals surface area contributed by atoms with Crippen LogP contribution in [0.1, 0.15) is 22.4 Å². The minimum atomic E-state index is -4.36. The van der Waals surface area contributed by atoms with E-state index >= 15 is 0 Å². The summed E-state index contributed by atoms with van der Waals surface area (Å²) in [4.78, 5) is 12.2. The van der Waals surface area contributed by atoms with Crippen molar-refractivity contribution >= 4 is 0 Å². The molecule has 6 heteroatoms.